The second-order valence-electron chi connectivity index (χ2n) is 12.1. The van der Waals surface area contributed by atoms with Crippen molar-refractivity contribution < 1.29 is 26.2 Å². The van der Waals surface area contributed by atoms with Crippen LogP contribution in [0, 0.1) is 6.07 Å². The summed E-state index contributed by atoms with van der Waals surface area (Å²) in [5.74, 6) is 0.950. The molecule has 9 rings (SSSR count). The molecule has 0 atom stereocenters. The van der Waals surface area contributed by atoms with E-state index in [4.69, 9.17) is 15.0 Å². The molecule has 1 N–H and O–H groups in total. The fraction of sp³-hybridized carbons (Fsp3) is 0.0465. The number of aromatic nitrogens is 4. The van der Waals surface area contributed by atoms with E-state index in [2.05, 4.69) is 102 Å². The molecule has 8 aromatic rings. The van der Waals surface area contributed by atoms with Gasteiger partial charge in [0, 0.05) is 55.8 Å². The van der Waals surface area contributed by atoms with Crippen molar-refractivity contribution in [1.82, 2.24) is 19.5 Å². The Bertz CT molecular complexity index is 2410. The first-order chi connectivity index (χ1) is 23.7. The molecule has 0 saturated heterocycles. The minimum absolute atomic E-state index is 0. The van der Waals surface area contributed by atoms with Gasteiger partial charge in [0.15, 0.2) is 0 Å². The molecule has 0 radical (unpaired) electrons. The van der Waals surface area contributed by atoms with Crippen molar-refractivity contribution in [2.45, 2.75) is 12.8 Å². The predicted molar refractivity (Wildman–Crippen MR) is 192 cm³/mol. The van der Waals surface area contributed by atoms with Gasteiger partial charge in [-0.3, -0.25) is 0 Å². The molecule has 5 aromatic carbocycles. The number of imidazole rings is 1. The van der Waals surface area contributed by atoms with Gasteiger partial charge in [0.2, 0.25) is 0 Å². The number of para-hydroxylation sites is 1. The van der Waals surface area contributed by atoms with E-state index in [0.717, 1.165) is 85.3 Å². The Balaban J connectivity index is 0.00000348. The van der Waals surface area contributed by atoms with Crippen LogP contribution in [0.3, 0.4) is 0 Å². The van der Waals surface area contributed by atoms with E-state index in [0.29, 0.717) is 11.5 Å². The molecular formula is C43H29N4OPt-. The van der Waals surface area contributed by atoms with Crippen LogP contribution in [0.2, 0.25) is 0 Å². The third kappa shape index (κ3) is 5.37. The predicted octanol–water partition coefficient (Wildman–Crippen LogP) is 9.75. The third-order valence-corrected chi connectivity index (χ3v) is 9.22. The number of benzene rings is 5. The number of nitrogens with zero attached hydrogens (tertiary/aromatic N) is 4. The molecule has 238 valence electrons. The van der Waals surface area contributed by atoms with Gasteiger partial charge >= 0.3 is 0 Å². The van der Waals surface area contributed by atoms with Gasteiger partial charge in [0.1, 0.15) is 17.3 Å². The monoisotopic (exact) mass is 812 g/mol. The second-order valence-corrected chi connectivity index (χ2v) is 12.1. The summed E-state index contributed by atoms with van der Waals surface area (Å²) in [4.78, 5) is 15.4. The molecule has 0 amide bonds. The Hall–Kier alpha value is -5.64. The van der Waals surface area contributed by atoms with Gasteiger partial charge < -0.3 is 14.7 Å². The van der Waals surface area contributed by atoms with Crippen LogP contribution < -0.4 is 0 Å². The Morgan fingerprint density at radius 3 is 2.08 bits per heavy atom. The van der Waals surface area contributed by atoms with Crippen molar-refractivity contribution in [3.05, 3.63) is 163 Å². The molecule has 6 heteroatoms. The van der Waals surface area contributed by atoms with Gasteiger partial charge in [-0.2, -0.15) is 0 Å². The van der Waals surface area contributed by atoms with E-state index in [9.17, 15) is 5.11 Å². The zero-order chi connectivity index (χ0) is 32.0. The number of aryl methyl sites for hydroxylation is 2. The van der Waals surface area contributed by atoms with E-state index in [1.165, 1.54) is 0 Å². The van der Waals surface area contributed by atoms with Crippen molar-refractivity contribution in [2.75, 3.05) is 0 Å². The van der Waals surface area contributed by atoms with Crippen molar-refractivity contribution in [3.63, 3.8) is 0 Å². The van der Waals surface area contributed by atoms with Crippen LogP contribution >= 0.6 is 0 Å². The van der Waals surface area contributed by atoms with Crippen LogP contribution in [0.1, 0.15) is 11.1 Å². The number of hydrogen-bond donors (Lipinski definition) is 1. The number of phenols is 1. The van der Waals surface area contributed by atoms with E-state index in [1.54, 1.807) is 6.07 Å². The van der Waals surface area contributed by atoms with Crippen LogP contribution in [-0.4, -0.2) is 24.6 Å². The van der Waals surface area contributed by atoms with Crippen molar-refractivity contribution >= 4 is 10.8 Å². The quantitative estimate of drug-likeness (QED) is 0.176. The Kier molecular flexibility index (Phi) is 7.99. The van der Waals surface area contributed by atoms with Crippen molar-refractivity contribution in [1.29, 1.82) is 0 Å². The Labute approximate surface area is 298 Å². The number of phenolic OH excluding ortho intramolecular Hbond substituents is 1. The van der Waals surface area contributed by atoms with Gasteiger partial charge in [0.25, 0.3) is 0 Å². The van der Waals surface area contributed by atoms with Gasteiger partial charge in [-0.25, -0.2) is 9.97 Å². The Morgan fingerprint density at radius 1 is 0.612 bits per heavy atom. The van der Waals surface area contributed by atoms with E-state index >= 15 is 0 Å². The average molecular weight is 813 g/mol. The van der Waals surface area contributed by atoms with Gasteiger partial charge in [-0.15, -0.1) is 35.0 Å². The molecule has 0 spiro atoms. The molecular weight excluding hydrogens is 784 g/mol. The fourth-order valence-corrected chi connectivity index (χ4v) is 6.95. The summed E-state index contributed by atoms with van der Waals surface area (Å²) in [6.07, 6.45) is 5.66. The summed E-state index contributed by atoms with van der Waals surface area (Å²) in [5.41, 5.74) is 11.4. The smallest absolute Gasteiger partial charge is 0.125 e. The first-order valence-corrected chi connectivity index (χ1v) is 16.1. The minimum Gasteiger partial charge on any atom is -0.507 e. The summed E-state index contributed by atoms with van der Waals surface area (Å²) in [5, 5.41) is 12.9. The molecule has 0 saturated carbocycles. The minimum atomic E-state index is 0. The SMILES string of the molecule is Oc1cccc2c1-c1nc(-c3cn(-c4c(-c5ccccc5)cccc4-c4ccccc4)c(-c4nccc5ccc[c-]c45)n3)ccc1CC2.[Pt]. The summed E-state index contributed by atoms with van der Waals surface area (Å²) in [6, 6.07) is 48.7. The summed E-state index contributed by atoms with van der Waals surface area (Å²) in [6.45, 7) is 0. The van der Waals surface area contributed by atoms with Crippen molar-refractivity contribution in [3.8, 4) is 67.9 Å². The fourth-order valence-electron chi connectivity index (χ4n) is 6.95. The number of rotatable bonds is 5. The summed E-state index contributed by atoms with van der Waals surface area (Å²) >= 11 is 0. The maximum Gasteiger partial charge on any atom is 0.125 e. The maximum absolute atomic E-state index is 10.9. The first-order valence-electron chi connectivity index (χ1n) is 16.1. The zero-order valence-corrected chi connectivity index (χ0v) is 28.6. The topological polar surface area (TPSA) is 63.8 Å². The molecule has 5 nitrogen and oxygen atoms in total. The van der Waals surface area contributed by atoms with Crippen LogP contribution in [0.15, 0.2) is 146 Å². The van der Waals surface area contributed by atoms with Crippen LogP contribution in [-0.2, 0) is 33.9 Å². The standard InChI is InChI=1S/C43H29N4O.Pt/c48-38-20-9-16-31-21-22-32-23-24-36(45-40(32)39(31)38)37-27-47(43(46-37)41-33-17-8-7-15-30(33)25-26-44-41)42-34(28-11-3-1-4-12-28)18-10-19-35(42)29-13-5-2-6-14-29;/h1-16,18-20,23-27,48H,21-22H2;/q-1;. The molecule has 3 heterocycles. The van der Waals surface area contributed by atoms with Gasteiger partial charge in [-0.1, -0.05) is 103 Å². The second kappa shape index (κ2) is 12.8. The van der Waals surface area contributed by atoms with Gasteiger partial charge in [-0.05, 0) is 47.2 Å². The number of aromatic hydroxyl groups is 1. The number of hydrogen-bond acceptors (Lipinski definition) is 4. The first kappa shape index (κ1) is 30.7. The van der Waals surface area contributed by atoms with Crippen LogP contribution in [0.4, 0.5) is 0 Å². The summed E-state index contributed by atoms with van der Waals surface area (Å²) < 4.78 is 2.18. The normalized spacial score (nSPS) is 11.8. The van der Waals surface area contributed by atoms with Crippen LogP contribution in [0.5, 0.6) is 5.75 Å². The largest absolute Gasteiger partial charge is 0.507 e. The van der Waals surface area contributed by atoms with E-state index in [-0.39, 0.29) is 26.8 Å². The molecule has 3 aromatic heterocycles. The Morgan fingerprint density at radius 2 is 1.33 bits per heavy atom. The van der Waals surface area contributed by atoms with Crippen molar-refractivity contribution in [2.24, 2.45) is 0 Å². The molecule has 0 fully saturated rings. The molecule has 0 aliphatic heterocycles. The van der Waals surface area contributed by atoms with E-state index < -0.39 is 0 Å². The number of pyridine rings is 2. The molecule has 1 aliphatic rings. The number of fused-ring (bicyclic) bond motifs is 4. The van der Waals surface area contributed by atoms with Crippen LogP contribution in [0.25, 0.3) is 72.9 Å². The van der Waals surface area contributed by atoms with Gasteiger partial charge in [0.05, 0.1) is 17.1 Å². The summed E-state index contributed by atoms with van der Waals surface area (Å²) in [7, 11) is 0. The molecule has 1 aliphatic carbocycles. The molecule has 0 bridgehead atoms. The third-order valence-electron chi connectivity index (χ3n) is 9.22. The maximum atomic E-state index is 10.9. The average Bonchev–Trinajstić information content (AvgIpc) is 3.60. The molecule has 49 heavy (non-hydrogen) atoms. The molecule has 0 unspecified atom stereocenters. The van der Waals surface area contributed by atoms with E-state index in [1.807, 2.05) is 48.7 Å². The zero-order valence-electron chi connectivity index (χ0n) is 26.3.